The Hall–Kier alpha value is -1.77. The number of carbonyl (C=O) groups excluding carboxylic acids is 3. The van der Waals surface area contributed by atoms with E-state index in [1.807, 2.05) is 0 Å². The van der Waals surface area contributed by atoms with Crippen LogP contribution in [0.5, 0.6) is 0 Å². The van der Waals surface area contributed by atoms with E-state index in [0.29, 0.717) is 12.3 Å². The van der Waals surface area contributed by atoms with E-state index in [2.05, 4.69) is 60.6 Å². The Labute approximate surface area is 209 Å². The largest absolute Gasteiger partial charge is 0.300 e. The fourth-order valence-electron chi connectivity index (χ4n) is 5.51. The smallest absolute Gasteiger partial charge is 0.163 e. The van der Waals surface area contributed by atoms with Gasteiger partial charge in [0, 0.05) is 17.9 Å². The molecule has 0 aromatic heterocycles. The Balaban J connectivity index is 0.00000182. The SMILES string of the molecule is CCC.CCCC(CC1CC(=O)c2c(C)ccc(CC(C)CC)c2C1)C(CC)C(=O)CC(C)=O. The number of rotatable bonds is 12. The van der Waals surface area contributed by atoms with E-state index in [9.17, 15) is 14.4 Å². The van der Waals surface area contributed by atoms with Crippen LogP contribution in [0.4, 0.5) is 0 Å². The summed E-state index contributed by atoms with van der Waals surface area (Å²) in [6, 6.07) is 4.34. The highest BCUT2D eigenvalue weighted by Crippen LogP contribution is 2.38. The van der Waals surface area contributed by atoms with Crippen LogP contribution in [0.3, 0.4) is 0 Å². The van der Waals surface area contributed by atoms with Crippen molar-refractivity contribution in [1.29, 1.82) is 0 Å². The van der Waals surface area contributed by atoms with E-state index in [-0.39, 0.29) is 41.5 Å². The second kappa shape index (κ2) is 15.3. The van der Waals surface area contributed by atoms with E-state index >= 15 is 0 Å². The van der Waals surface area contributed by atoms with Gasteiger partial charge in [-0.1, -0.05) is 79.4 Å². The molecule has 3 nitrogen and oxygen atoms in total. The first-order valence-corrected chi connectivity index (χ1v) is 13.8. The summed E-state index contributed by atoms with van der Waals surface area (Å²) in [5.41, 5.74) is 4.66. The van der Waals surface area contributed by atoms with Crippen LogP contribution < -0.4 is 0 Å². The molecule has 1 aliphatic carbocycles. The van der Waals surface area contributed by atoms with E-state index in [4.69, 9.17) is 0 Å². The Morgan fingerprint density at radius 1 is 1.03 bits per heavy atom. The molecule has 4 atom stereocenters. The molecule has 1 aromatic carbocycles. The highest BCUT2D eigenvalue weighted by molar-refractivity contribution is 6.00. The van der Waals surface area contributed by atoms with Crippen molar-refractivity contribution in [3.63, 3.8) is 0 Å². The van der Waals surface area contributed by atoms with Gasteiger partial charge in [0.2, 0.25) is 0 Å². The standard InChI is InChI=1S/C28H42O3.C3H8/c1-7-10-22(24(9-3)26(30)14-20(6)29)15-21-16-25-23(13-18(4)8-2)12-11-19(5)28(25)27(31)17-21;1-3-2/h11-12,18,21-22,24H,7-10,13-17H2,1-6H3;3H2,1-2H3. The fourth-order valence-corrected chi connectivity index (χ4v) is 5.51. The van der Waals surface area contributed by atoms with Gasteiger partial charge in [0.25, 0.3) is 0 Å². The molecule has 192 valence electrons. The van der Waals surface area contributed by atoms with Gasteiger partial charge in [0.15, 0.2) is 5.78 Å². The number of aryl methyl sites for hydroxylation is 1. The maximum absolute atomic E-state index is 13.2. The summed E-state index contributed by atoms with van der Waals surface area (Å²) in [7, 11) is 0. The van der Waals surface area contributed by atoms with Gasteiger partial charge < -0.3 is 0 Å². The maximum Gasteiger partial charge on any atom is 0.163 e. The zero-order valence-electron chi connectivity index (χ0n) is 23.3. The van der Waals surface area contributed by atoms with Gasteiger partial charge >= 0.3 is 0 Å². The molecule has 0 saturated carbocycles. The second-order valence-electron chi connectivity index (χ2n) is 10.7. The number of carbonyl (C=O) groups is 3. The van der Waals surface area contributed by atoms with E-state index in [1.165, 1.54) is 24.5 Å². The molecule has 0 saturated heterocycles. The minimum absolute atomic E-state index is 0.0450. The molecule has 0 N–H and O–H groups in total. The first-order chi connectivity index (χ1) is 16.1. The third kappa shape index (κ3) is 8.78. The lowest BCUT2D eigenvalue weighted by molar-refractivity contribution is -0.129. The monoisotopic (exact) mass is 470 g/mol. The first-order valence-electron chi connectivity index (χ1n) is 13.8. The molecule has 0 aliphatic heterocycles. The predicted octanol–water partition coefficient (Wildman–Crippen LogP) is 8.13. The zero-order chi connectivity index (χ0) is 25.8. The summed E-state index contributed by atoms with van der Waals surface area (Å²) in [5, 5.41) is 0. The summed E-state index contributed by atoms with van der Waals surface area (Å²) in [6.07, 6.45) is 8.64. The van der Waals surface area contributed by atoms with Gasteiger partial charge in [-0.2, -0.15) is 0 Å². The third-order valence-electron chi connectivity index (χ3n) is 7.27. The van der Waals surface area contributed by atoms with Gasteiger partial charge in [-0.15, -0.1) is 0 Å². The molecule has 3 heteroatoms. The molecule has 1 aliphatic rings. The highest BCUT2D eigenvalue weighted by atomic mass is 16.1. The van der Waals surface area contributed by atoms with Gasteiger partial charge in [-0.25, -0.2) is 0 Å². The van der Waals surface area contributed by atoms with Gasteiger partial charge in [0.05, 0.1) is 6.42 Å². The third-order valence-corrected chi connectivity index (χ3v) is 7.27. The quantitative estimate of drug-likeness (QED) is 0.290. The predicted molar refractivity (Wildman–Crippen MR) is 144 cm³/mol. The van der Waals surface area contributed by atoms with Crippen molar-refractivity contribution in [2.24, 2.45) is 23.7 Å². The number of hydrogen-bond acceptors (Lipinski definition) is 3. The van der Waals surface area contributed by atoms with Gasteiger partial charge in [0.1, 0.15) is 11.6 Å². The van der Waals surface area contributed by atoms with E-state index in [0.717, 1.165) is 56.1 Å². The van der Waals surface area contributed by atoms with Gasteiger partial charge in [-0.05, 0) is 74.0 Å². The summed E-state index contributed by atoms with van der Waals surface area (Å²) in [6.45, 7) is 16.5. The molecule has 34 heavy (non-hydrogen) atoms. The highest BCUT2D eigenvalue weighted by Gasteiger charge is 2.33. The van der Waals surface area contributed by atoms with Crippen molar-refractivity contribution in [3.05, 3.63) is 34.4 Å². The molecular weight excluding hydrogens is 420 g/mol. The lowest BCUT2D eigenvalue weighted by atomic mass is 9.71. The number of Topliss-reactive ketones (excluding diaryl/α,β-unsaturated/α-hetero) is 3. The van der Waals surface area contributed by atoms with Crippen LogP contribution in [0.1, 0.15) is 127 Å². The molecule has 0 heterocycles. The lowest BCUT2D eigenvalue weighted by Crippen LogP contribution is -2.30. The topological polar surface area (TPSA) is 51.2 Å². The van der Waals surface area contributed by atoms with Crippen LogP contribution >= 0.6 is 0 Å². The summed E-state index contributed by atoms with van der Waals surface area (Å²) >= 11 is 0. The van der Waals surface area contributed by atoms with Crippen LogP contribution in [0.15, 0.2) is 12.1 Å². The van der Waals surface area contributed by atoms with Crippen molar-refractivity contribution in [2.75, 3.05) is 0 Å². The number of fused-ring (bicyclic) bond motifs is 1. The average molecular weight is 471 g/mol. The van der Waals surface area contributed by atoms with Crippen LogP contribution in [-0.2, 0) is 22.4 Å². The molecule has 1 aromatic rings. The molecule has 0 amide bonds. The summed E-state index contributed by atoms with van der Waals surface area (Å²) in [4.78, 5) is 37.5. The molecular formula is C31H50O3. The van der Waals surface area contributed by atoms with Crippen molar-refractivity contribution >= 4 is 17.3 Å². The lowest BCUT2D eigenvalue weighted by Gasteiger charge is -2.32. The van der Waals surface area contributed by atoms with Crippen LogP contribution in [0.2, 0.25) is 0 Å². The Morgan fingerprint density at radius 2 is 1.68 bits per heavy atom. The van der Waals surface area contributed by atoms with Crippen molar-refractivity contribution in [1.82, 2.24) is 0 Å². The van der Waals surface area contributed by atoms with E-state index in [1.54, 1.807) is 0 Å². The number of hydrogen-bond donors (Lipinski definition) is 0. The van der Waals surface area contributed by atoms with Crippen LogP contribution in [0, 0.1) is 30.6 Å². The number of benzene rings is 1. The average Bonchev–Trinajstić information content (AvgIpc) is 2.76. The van der Waals surface area contributed by atoms with Crippen molar-refractivity contribution < 1.29 is 14.4 Å². The Morgan fingerprint density at radius 3 is 2.21 bits per heavy atom. The molecule has 2 rings (SSSR count). The number of ketones is 3. The molecule has 0 spiro atoms. The molecule has 0 radical (unpaired) electrons. The summed E-state index contributed by atoms with van der Waals surface area (Å²) in [5.74, 6) is 1.38. The normalized spacial score (nSPS) is 17.8. The van der Waals surface area contributed by atoms with Crippen LogP contribution in [0.25, 0.3) is 0 Å². The first kappa shape index (κ1) is 30.3. The second-order valence-corrected chi connectivity index (χ2v) is 10.7. The molecule has 0 fully saturated rings. The fraction of sp³-hybridized carbons (Fsp3) is 0.710. The molecule has 0 bridgehead atoms. The minimum Gasteiger partial charge on any atom is -0.300 e. The zero-order valence-corrected chi connectivity index (χ0v) is 23.3. The van der Waals surface area contributed by atoms with Crippen molar-refractivity contribution in [2.45, 2.75) is 120 Å². The maximum atomic E-state index is 13.2. The Kier molecular flexibility index (Phi) is 13.6. The van der Waals surface area contributed by atoms with Crippen molar-refractivity contribution in [3.8, 4) is 0 Å². The Bertz CT molecular complexity index is 807. The minimum atomic E-state index is -0.0718. The summed E-state index contributed by atoms with van der Waals surface area (Å²) < 4.78 is 0. The van der Waals surface area contributed by atoms with Crippen LogP contribution in [-0.4, -0.2) is 17.3 Å². The van der Waals surface area contributed by atoms with Gasteiger partial charge in [-0.3, -0.25) is 14.4 Å². The molecule has 4 unspecified atom stereocenters. The van der Waals surface area contributed by atoms with E-state index < -0.39 is 0 Å².